The first kappa shape index (κ1) is 5.37. The molecule has 3 N–H and O–H groups in total. The normalized spacial score (nSPS) is 11.8. The molecule has 0 aromatic rings. The average molecular weight is 163 g/mol. The van der Waals surface area contributed by atoms with Gasteiger partial charge in [-0.25, -0.2) is 0 Å². The van der Waals surface area contributed by atoms with Gasteiger partial charge in [-0.15, -0.1) is 0 Å². The van der Waals surface area contributed by atoms with E-state index in [0.29, 0.717) is 0 Å². The van der Waals surface area contributed by atoms with E-state index in [9.17, 15) is 0 Å². The van der Waals surface area contributed by atoms with Crippen LogP contribution in [0.25, 0.3) is 0 Å². The molecule has 0 fully saturated rings. The topological polar surface area (TPSA) is 77.8 Å². The van der Waals surface area contributed by atoms with Gasteiger partial charge in [0, 0.05) is 0 Å². The summed E-state index contributed by atoms with van der Waals surface area (Å²) >= 11 is -5.27. The van der Waals surface area contributed by atoms with E-state index in [1.165, 1.54) is 0 Å². The van der Waals surface area contributed by atoms with E-state index in [4.69, 9.17) is 14.7 Å². The molecule has 33 valence electrons. The molecule has 0 aliphatic heterocycles. The van der Waals surface area contributed by atoms with Crippen LogP contribution in [0.5, 0.6) is 0 Å². The second-order valence-corrected chi connectivity index (χ2v) is 2.77. The Labute approximate surface area is 32.5 Å². The Morgan fingerprint density at radius 2 is 1.20 bits per heavy atom. The van der Waals surface area contributed by atoms with Crippen molar-refractivity contribution in [1.29, 1.82) is 0 Å². The Hall–Kier alpha value is 0.368. The van der Waals surface area contributed by atoms with E-state index >= 15 is 0 Å². The van der Waals surface area contributed by atoms with E-state index in [-0.39, 0.29) is 0 Å². The van der Waals surface area contributed by atoms with Gasteiger partial charge in [0.2, 0.25) is 0 Å². The molecule has 0 aromatic carbocycles. The summed E-state index contributed by atoms with van der Waals surface area (Å²) in [5.41, 5.74) is 0. The first-order valence-electron chi connectivity index (χ1n) is 0.714. The Kier molecular flexibility index (Phi) is 1.31. The number of rotatable bonds is 0. The van der Waals surface area contributed by atoms with Gasteiger partial charge in [-0.2, -0.15) is 0 Å². The predicted octanol–water partition coefficient (Wildman–Crippen LogP) is -1.79. The summed E-state index contributed by atoms with van der Waals surface area (Å²) in [5, 5.41) is 0. The molecule has 5 heteroatoms. The first-order valence-corrected chi connectivity index (χ1v) is 4.23. The Morgan fingerprint density at radius 1 is 1.20 bits per heavy atom. The maximum atomic E-state index is 8.96. The fourth-order valence-electron chi connectivity index (χ4n) is 0. The maximum absolute atomic E-state index is 8.96. The van der Waals surface area contributed by atoms with Gasteiger partial charge in [-0.1, -0.05) is 0 Å². The minimum absolute atomic E-state index is 5.27. The van der Waals surface area contributed by atoms with Crippen LogP contribution in [0, 0.1) is 0 Å². The van der Waals surface area contributed by atoms with Crippen molar-refractivity contribution in [2.24, 2.45) is 0 Å². The zero-order valence-electron chi connectivity index (χ0n) is 2.16. The molecule has 0 saturated carbocycles. The van der Waals surface area contributed by atoms with Crippen molar-refractivity contribution in [2.75, 3.05) is 0 Å². The van der Waals surface area contributed by atoms with Crippen LogP contribution >= 0.6 is 0 Å². The fourth-order valence-corrected chi connectivity index (χ4v) is 0. The molecule has 0 heterocycles. The van der Waals surface area contributed by atoms with Crippen molar-refractivity contribution >= 4 is 0 Å². The Balaban J connectivity index is 3.47. The van der Waals surface area contributed by atoms with Gasteiger partial charge >= 0.3 is 31.8 Å². The molecule has 0 radical (unpaired) electrons. The van der Waals surface area contributed by atoms with E-state index in [1.807, 2.05) is 0 Å². The van der Waals surface area contributed by atoms with Crippen LogP contribution in [-0.4, -0.2) is 11.3 Å². The fraction of sp³-hybridized carbons (Fsp3) is 0. The van der Waals surface area contributed by atoms with Crippen molar-refractivity contribution in [1.82, 2.24) is 0 Å². The zero-order chi connectivity index (χ0) is 4.50. The molecule has 0 unspecified atom stereocenters. The van der Waals surface area contributed by atoms with E-state index < -0.39 is 17.2 Å². The van der Waals surface area contributed by atoms with Crippen molar-refractivity contribution < 1.29 is 31.8 Å². The molecule has 0 saturated heterocycles. The standard InChI is InChI=1S/Mo.3H2O.O/h;3*1H2;/q+3;;;;/p-3. The van der Waals surface area contributed by atoms with Crippen molar-refractivity contribution in [2.45, 2.75) is 0 Å². The predicted molar refractivity (Wildman–Crippen MR) is 7.34 cm³/mol. The quantitative estimate of drug-likeness (QED) is 0.368. The van der Waals surface area contributed by atoms with E-state index in [1.54, 1.807) is 0 Å². The summed E-state index contributed by atoms with van der Waals surface area (Å²) in [6.45, 7) is 0. The molecule has 0 atom stereocenters. The molecule has 0 amide bonds. The molecule has 5 heavy (non-hydrogen) atoms. The molecule has 0 aliphatic carbocycles. The van der Waals surface area contributed by atoms with Crippen LogP contribution < -0.4 is 0 Å². The van der Waals surface area contributed by atoms with Crippen LogP contribution in [0.3, 0.4) is 0 Å². The molecule has 4 nitrogen and oxygen atoms in total. The van der Waals surface area contributed by atoms with Crippen LogP contribution in [-0.2, 0) is 20.6 Å². The van der Waals surface area contributed by atoms with Crippen molar-refractivity contribution in [3.8, 4) is 0 Å². The monoisotopic (exact) mass is 165 g/mol. The Bertz CT molecular complexity index is 49.8. The third kappa shape index (κ3) is 181. The Morgan fingerprint density at radius 3 is 1.20 bits per heavy atom. The third-order valence-electron chi connectivity index (χ3n) is 0. The van der Waals surface area contributed by atoms with Gasteiger partial charge in [0.25, 0.3) is 0 Å². The molecule has 0 rings (SSSR count). The van der Waals surface area contributed by atoms with Crippen LogP contribution in [0.15, 0.2) is 0 Å². The summed E-state index contributed by atoms with van der Waals surface area (Å²) in [6, 6.07) is 0. The van der Waals surface area contributed by atoms with Crippen LogP contribution in [0.2, 0.25) is 0 Å². The van der Waals surface area contributed by atoms with Gasteiger partial charge in [-0.05, 0) is 0 Å². The molecule has 0 aromatic heterocycles. The molecular formula is H3MoO4. The summed E-state index contributed by atoms with van der Waals surface area (Å²) in [5.74, 6) is 0. The van der Waals surface area contributed by atoms with Gasteiger partial charge in [0.1, 0.15) is 0 Å². The molecular weight excluding hydrogens is 160 g/mol. The second kappa shape index (κ2) is 1.22. The van der Waals surface area contributed by atoms with Gasteiger partial charge < -0.3 is 0 Å². The summed E-state index contributed by atoms with van der Waals surface area (Å²) < 4.78 is 30.8. The molecule has 0 aliphatic rings. The van der Waals surface area contributed by atoms with Gasteiger partial charge in [0.05, 0.1) is 0 Å². The van der Waals surface area contributed by atoms with Gasteiger partial charge in [-0.3, -0.25) is 0 Å². The van der Waals surface area contributed by atoms with Crippen molar-refractivity contribution in [3.05, 3.63) is 0 Å². The average Bonchev–Trinajstić information content (AvgIpc) is 0.722. The first-order chi connectivity index (χ1) is 2.00. The molecule has 0 bridgehead atoms. The zero-order valence-corrected chi connectivity index (χ0v) is 4.17. The van der Waals surface area contributed by atoms with E-state index in [0.717, 1.165) is 0 Å². The summed E-state index contributed by atoms with van der Waals surface area (Å²) in [4.78, 5) is 0. The summed E-state index contributed by atoms with van der Waals surface area (Å²) in [6.07, 6.45) is 0. The van der Waals surface area contributed by atoms with Crippen molar-refractivity contribution in [3.63, 3.8) is 0 Å². The summed E-state index contributed by atoms with van der Waals surface area (Å²) in [7, 11) is 0. The van der Waals surface area contributed by atoms with Crippen LogP contribution in [0.4, 0.5) is 0 Å². The van der Waals surface area contributed by atoms with E-state index in [2.05, 4.69) is 0 Å². The minimum atomic E-state index is -5.27. The van der Waals surface area contributed by atoms with Gasteiger partial charge in [0.15, 0.2) is 0 Å². The molecule has 0 spiro atoms. The van der Waals surface area contributed by atoms with Crippen LogP contribution in [0.1, 0.15) is 0 Å². The SMILES string of the molecule is [O]=[Mo]([OH])([OH])[OH]. The number of hydrogen-bond donors (Lipinski definition) is 3. The second-order valence-electron chi connectivity index (χ2n) is 0.469. The third-order valence-corrected chi connectivity index (χ3v) is 0. The number of hydrogen-bond acceptors (Lipinski definition) is 1.